The van der Waals surface area contributed by atoms with Gasteiger partial charge in [0.15, 0.2) is 0 Å². The molecule has 1 atom stereocenters. The standard InChI is InChI=1S/C13H21BrN4O/c1-4-18-11(12(14)9(2)16-18)8-17-7-5-6-15-10(3)13(17)19/h10,15H,4-8H2,1-3H3. The molecule has 1 unspecified atom stereocenters. The van der Waals surface area contributed by atoms with Crippen LogP contribution in [-0.4, -0.2) is 39.7 Å². The van der Waals surface area contributed by atoms with Gasteiger partial charge in [0.2, 0.25) is 5.91 Å². The molecule has 0 aliphatic carbocycles. The van der Waals surface area contributed by atoms with E-state index in [4.69, 9.17) is 0 Å². The molecule has 2 heterocycles. The van der Waals surface area contributed by atoms with Crippen LogP contribution in [-0.2, 0) is 17.9 Å². The van der Waals surface area contributed by atoms with E-state index in [1.807, 2.05) is 23.4 Å². The van der Waals surface area contributed by atoms with Crippen LogP contribution >= 0.6 is 15.9 Å². The summed E-state index contributed by atoms with van der Waals surface area (Å²) in [6.07, 6.45) is 0.993. The van der Waals surface area contributed by atoms with Crippen LogP contribution in [0.5, 0.6) is 0 Å². The van der Waals surface area contributed by atoms with Crippen molar-refractivity contribution >= 4 is 21.8 Å². The van der Waals surface area contributed by atoms with Crippen LogP contribution in [0.25, 0.3) is 0 Å². The number of hydrogen-bond donors (Lipinski definition) is 1. The van der Waals surface area contributed by atoms with Crippen LogP contribution in [0.15, 0.2) is 4.47 Å². The lowest BCUT2D eigenvalue weighted by molar-refractivity contribution is -0.132. The molecule has 0 spiro atoms. The summed E-state index contributed by atoms with van der Waals surface area (Å²) in [4.78, 5) is 14.2. The molecule has 1 amide bonds. The van der Waals surface area contributed by atoms with Crippen LogP contribution in [0.2, 0.25) is 0 Å². The first kappa shape index (κ1) is 14.5. The maximum atomic E-state index is 12.3. The lowest BCUT2D eigenvalue weighted by Crippen LogP contribution is -2.41. The molecule has 1 aliphatic heterocycles. The fourth-order valence-corrected chi connectivity index (χ4v) is 2.83. The van der Waals surface area contributed by atoms with Crippen molar-refractivity contribution in [1.29, 1.82) is 0 Å². The van der Waals surface area contributed by atoms with Crippen LogP contribution in [0.4, 0.5) is 0 Å². The lowest BCUT2D eigenvalue weighted by Gasteiger charge is -2.23. The van der Waals surface area contributed by atoms with Crippen molar-refractivity contribution in [2.45, 2.75) is 46.3 Å². The summed E-state index contributed by atoms with van der Waals surface area (Å²) >= 11 is 3.59. The molecule has 0 bridgehead atoms. The molecule has 1 aromatic heterocycles. The number of hydrogen-bond acceptors (Lipinski definition) is 3. The molecule has 0 aromatic carbocycles. The van der Waals surface area contributed by atoms with Gasteiger partial charge in [-0.3, -0.25) is 9.48 Å². The summed E-state index contributed by atoms with van der Waals surface area (Å²) in [7, 11) is 0. The molecule has 1 fully saturated rings. The Kier molecular flexibility index (Phi) is 4.62. The number of halogens is 1. The molecule has 19 heavy (non-hydrogen) atoms. The van der Waals surface area contributed by atoms with Gasteiger partial charge in [0.25, 0.3) is 0 Å². The molecule has 1 N–H and O–H groups in total. The molecule has 0 saturated carbocycles. The molecule has 0 radical (unpaired) electrons. The number of carbonyl (C=O) groups excluding carboxylic acids is 1. The maximum absolute atomic E-state index is 12.3. The first-order valence-electron chi connectivity index (χ1n) is 6.78. The summed E-state index contributed by atoms with van der Waals surface area (Å²) in [5.74, 6) is 0.172. The van der Waals surface area contributed by atoms with Crippen molar-refractivity contribution in [3.8, 4) is 0 Å². The minimum atomic E-state index is -0.0969. The van der Waals surface area contributed by atoms with E-state index in [1.54, 1.807) is 0 Å². The molecule has 1 aliphatic rings. The van der Waals surface area contributed by atoms with Gasteiger partial charge < -0.3 is 10.2 Å². The molecule has 2 rings (SSSR count). The van der Waals surface area contributed by atoms with E-state index in [9.17, 15) is 4.79 Å². The van der Waals surface area contributed by atoms with Gasteiger partial charge in [-0.25, -0.2) is 0 Å². The maximum Gasteiger partial charge on any atom is 0.239 e. The fourth-order valence-electron chi connectivity index (χ4n) is 2.42. The van der Waals surface area contributed by atoms with E-state index < -0.39 is 0 Å². The Morgan fingerprint density at radius 2 is 2.26 bits per heavy atom. The van der Waals surface area contributed by atoms with Crippen LogP contribution in [0.1, 0.15) is 31.7 Å². The first-order valence-corrected chi connectivity index (χ1v) is 7.57. The summed E-state index contributed by atoms with van der Waals surface area (Å²) in [5, 5.41) is 7.71. The smallest absolute Gasteiger partial charge is 0.239 e. The third-order valence-corrected chi connectivity index (χ3v) is 4.56. The number of aryl methyl sites for hydroxylation is 2. The third-order valence-electron chi connectivity index (χ3n) is 3.53. The van der Waals surface area contributed by atoms with E-state index in [2.05, 4.69) is 33.3 Å². The Morgan fingerprint density at radius 1 is 1.53 bits per heavy atom. The summed E-state index contributed by atoms with van der Waals surface area (Å²) < 4.78 is 2.99. The number of nitrogens with zero attached hydrogens (tertiary/aromatic N) is 3. The molecule has 6 heteroatoms. The van der Waals surface area contributed by atoms with Gasteiger partial charge in [-0.1, -0.05) is 0 Å². The largest absolute Gasteiger partial charge is 0.335 e. The summed E-state index contributed by atoms with van der Waals surface area (Å²) in [6.45, 7) is 9.12. The number of rotatable bonds is 3. The number of nitrogens with one attached hydrogen (secondary N) is 1. The summed E-state index contributed by atoms with van der Waals surface area (Å²) in [6, 6.07) is -0.0969. The highest BCUT2D eigenvalue weighted by molar-refractivity contribution is 9.10. The van der Waals surface area contributed by atoms with Gasteiger partial charge in [0.05, 0.1) is 28.4 Å². The van der Waals surface area contributed by atoms with Crippen molar-refractivity contribution in [2.75, 3.05) is 13.1 Å². The minimum absolute atomic E-state index is 0.0969. The number of aromatic nitrogens is 2. The van der Waals surface area contributed by atoms with Crippen molar-refractivity contribution in [1.82, 2.24) is 20.0 Å². The molecular weight excluding hydrogens is 308 g/mol. The van der Waals surface area contributed by atoms with E-state index >= 15 is 0 Å². The third kappa shape index (κ3) is 3.00. The second-order valence-electron chi connectivity index (χ2n) is 4.95. The first-order chi connectivity index (χ1) is 9.04. The van der Waals surface area contributed by atoms with Crippen LogP contribution < -0.4 is 5.32 Å². The van der Waals surface area contributed by atoms with Crippen LogP contribution in [0, 0.1) is 6.92 Å². The fraction of sp³-hybridized carbons (Fsp3) is 0.692. The zero-order valence-electron chi connectivity index (χ0n) is 11.7. The normalized spacial score (nSPS) is 20.7. The Labute approximate surface area is 122 Å². The monoisotopic (exact) mass is 328 g/mol. The minimum Gasteiger partial charge on any atom is -0.335 e. The predicted octanol–water partition coefficient (Wildman–Crippen LogP) is 1.68. The van der Waals surface area contributed by atoms with Crippen LogP contribution in [0.3, 0.4) is 0 Å². The van der Waals surface area contributed by atoms with Gasteiger partial charge in [-0.15, -0.1) is 0 Å². The van der Waals surface area contributed by atoms with Gasteiger partial charge in [-0.2, -0.15) is 5.10 Å². The zero-order chi connectivity index (χ0) is 14.0. The molecule has 5 nitrogen and oxygen atoms in total. The van der Waals surface area contributed by atoms with Gasteiger partial charge >= 0.3 is 0 Å². The van der Waals surface area contributed by atoms with Gasteiger partial charge in [-0.05, 0) is 49.7 Å². The zero-order valence-corrected chi connectivity index (χ0v) is 13.3. The van der Waals surface area contributed by atoms with Gasteiger partial charge in [0.1, 0.15) is 0 Å². The van der Waals surface area contributed by atoms with E-state index in [-0.39, 0.29) is 11.9 Å². The molecule has 1 aromatic rings. The van der Waals surface area contributed by atoms with Gasteiger partial charge in [0, 0.05) is 13.1 Å². The van der Waals surface area contributed by atoms with Crippen molar-refractivity contribution in [2.24, 2.45) is 0 Å². The number of amides is 1. The second kappa shape index (κ2) is 6.05. The summed E-state index contributed by atoms with van der Waals surface area (Å²) in [5.41, 5.74) is 2.06. The molecule has 106 valence electrons. The highest BCUT2D eigenvalue weighted by atomic mass is 79.9. The second-order valence-corrected chi connectivity index (χ2v) is 5.74. The SMILES string of the molecule is CCn1nc(C)c(Br)c1CN1CCCNC(C)C1=O. The average Bonchev–Trinajstić information content (AvgIpc) is 2.57. The van der Waals surface area contributed by atoms with Crippen molar-refractivity contribution in [3.63, 3.8) is 0 Å². The van der Waals surface area contributed by atoms with E-state index in [1.165, 1.54) is 0 Å². The molecular formula is C13H21BrN4O. The quantitative estimate of drug-likeness (QED) is 0.918. The topological polar surface area (TPSA) is 50.2 Å². The number of carbonyl (C=O) groups is 1. The Bertz CT molecular complexity index is 471. The van der Waals surface area contributed by atoms with E-state index in [0.29, 0.717) is 6.54 Å². The predicted molar refractivity (Wildman–Crippen MR) is 77.8 cm³/mol. The highest BCUT2D eigenvalue weighted by Crippen LogP contribution is 2.23. The molecule has 1 saturated heterocycles. The lowest BCUT2D eigenvalue weighted by atomic mass is 10.2. The Hall–Kier alpha value is -0.880. The average molecular weight is 329 g/mol. The van der Waals surface area contributed by atoms with Crippen molar-refractivity contribution in [3.05, 3.63) is 15.9 Å². The van der Waals surface area contributed by atoms with E-state index in [0.717, 1.165) is 41.9 Å². The highest BCUT2D eigenvalue weighted by Gasteiger charge is 2.25. The Morgan fingerprint density at radius 3 is 2.95 bits per heavy atom. The Balaban J connectivity index is 2.22. The van der Waals surface area contributed by atoms with Crippen molar-refractivity contribution < 1.29 is 4.79 Å².